The summed E-state index contributed by atoms with van der Waals surface area (Å²) < 4.78 is 4.79. The highest BCUT2D eigenvalue weighted by Crippen LogP contribution is 2.21. The summed E-state index contributed by atoms with van der Waals surface area (Å²) in [6.45, 7) is 10.1. The maximum Gasteiger partial charge on any atom is 0.302 e. The Morgan fingerprint density at radius 3 is 1.93 bits per heavy atom. The zero-order chi connectivity index (χ0) is 21.1. The van der Waals surface area contributed by atoms with E-state index in [4.69, 9.17) is 4.74 Å². The zero-order valence-electron chi connectivity index (χ0n) is 17.1. The van der Waals surface area contributed by atoms with Gasteiger partial charge < -0.3 is 15.4 Å². The van der Waals surface area contributed by atoms with E-state index in [2.05, 4.69) is 10.6 Å². The Hall–Kier alpha value is -1.22. The third-order valence-corrected chi connectivity index (χ3v) is 5.35. The molecule has 2 amide bonds. The summed E-state index contributed by atoms with van der Waals surface area (Å²) in [7, 11) is 3.11. The SMILES string of the molecule is CC.CC(=O)OCCSSCCC(=O)NCCNC(=O)CCC(=O)C(C)C.[HH].[HH]. The van der Waals surface area contributed by atoms with Crippen molar-refractivity contribution in [2.45, 2.75) is 53.9 Å². The van der Waals surface area contributed by atoms with Gasteiger partial charge in [0.15, 0.2) is 0 Å². The highest BCUT2D eigenvalue weighted by atomic mass is 33.1. The summed E-state index contributed by atoms with van der Waals surface area (Å²) in [4.78, 5) is 45.1. The molecule has 0 bridgehead atoms. The number of rotatable bonds is 14. The van der Waals surface area contributed by atoms with E-state index in [0.29, 0.717) is 37.6 Å². The fourth-order valence-corrected chi connectivity index (χ4v) is 3.39. The molecule has 0 aliphatic rings. The number of hydrogen-bond acceptors (Lipinski definition) is 7. The van der Waals surface area contributed by atoms with E-state index in [-0.39, 0.29) is 45.2 Å². The first-order chi connectivity index (χ1) is 12.8. The second-order valence-electron chi connectivity index (χ2n) is 5.55. The van der Waals surface area contributed by atoms with Crippen molar-refractivity contribution in [1.29, 1.82) is 0 Å². The highest BCUT2D eigenvalue weighted by molar-refractivity contribution is 8.76. The van der Waals surface area contributed by atoms with Crippen LogP contribution in [0.25, 0.3) is 0 Å². The topological polar surface area (TPSA) is 102 Å². The maximum atomic E-state index is 11.6. The van der Waals surface area contributed by atoms with E-state index in [1.54, 1.807) is 21.6 Å². The standard InChI is InChI=1S/C16H28N2O5S2.C2H6.2H2/c1-12(2)14(20)4-5-15(21)17-7-8-18-16(22)6-10-24-25-11-9-23-13(3)19;1-2;;/h12H,4-11H2,1-3H3,(H,17,21)(H,18,22);1-2H3;2*1H. The molecule has 0 aromatic carbocycles. The van der Waals surface area contributed by atoms with Crippen LogP contribution < -0.4 is 10.6 Å². The van der Waals surface area contributed by atoms with Crippen molar-refractivity contribution in [1.82, 2.24) is 10.6 Å². The van der Waals surface area contributed by atoms with Crippen LogP contribution in [0.3, 0.4) is 0 Å². The molecule has 0 heterocycles. The molecule has 0 aromatic heterocycles. The molecule has 0 rings (SSSR count). The first-order valence-electron chi connectivity index (χ1n) is 9.26. The number of nitrogens with one attached hydrogen (secondary N) is 2. The van der Waals surface area contributed by atoms with Gasteiger partial charge in [-0.2, -0.15) is 0 Å². The van der Waals surface area contributed by atoms with Crippen LogP contribution in [0.1, 0.15) is 56.7 Å². The van der Waals surface area contributed by atoms with Gasteiger partial charge in [0, 0.05) is 59.6 Å². The lowest BCUT2D eigenvalue weighted by atomic mass is 10.0. The second-order valence-corrected chi connectivity index (χ2v) is 8.26. The van der Waals surface area contributed by atoms with Crippen molar-refractivity contribution in [2.24, 2.45) is 5.92 Å². The average molecular weight is 427 g/mol. The average Bonchev–Trinajstić information content (AvgIpc) is 2.63. The monoisotopic (exact) mass is 426 g/mol. The highest BCUT2D eigenvalue weighted by Gasteiger charge is 2.10. The Kier molecular flexibility index (Phi) is 20.3. The van der Waals surface area contributed by atoms with Crippen LogP contribution in [0.2, 0.25) is 0 Å². The van der Waals surface area contributed by atoms with Gasteiger partial charge in [-0.3, -0.25) is 19.2 Å². The summed E-state index contributed by atoms with van der Waals surface area (Å²) in [5.41, 5.74) is 0. The normalized spacial score (nSPS) is 9.85. The molecule has 0 aliphatic carbocycles. The predicted octanol–water partition coefficient (Wildman–Crippen LogP) is 3.08. The van der Waals surface area contributed by atoms with E-state index in [1.807, 2.05) is 27.7 Å². The largest absolute Gasteiger partial charge is 0.465 e. The quantitative estimate of drug-likeness (QED) is 0.250. The van der Waals surface area contributed by atoms with Gasteiger partial charge in [0.25, 0.3) is 0 Å². The van der Waals surface area contributed by atoms with Crippen molar-refractivity contribution in [3.63, 3.8) is 0 Å². The van der Waals surface area contributed by atoms with E-state index in [9.17, 15) is 19.2 Å². The number of hydrogen-bond donors (Lipinski definition) is 2. The smallest absolute Gasteiger partial charge is 0.302 e. The third-order valence-electron chi connectivity index (χ3n) is 2.98. The molecule has 0 unspecified atom stereocenters. The summed E-state index contributed by atoms with van der Waals surface area (Å²) in [5.74, 6) is 0.845. The van der Waals surface area contributed by atoms with Gasteiger partial charge in [-0.15, -0.1) is 0 Å². The van der Waals surface area contributed by atoms with Crippen molar-refractivity contribution in [3.05, 3.63) is 0 Å². The van der Waals surface area contributed by atoms with Crippen molar-refractivity contribution in [2.75, 3.05) is 31.2 Å². The molecule has 9 heteroatoms. The van der Waals surface area contributed by atoms with Crippen molar-refractivity contribution >= 4 is 45.2 Å². The van der Waals surface area contributed by atoms with Crippen LogP contribution in [0.4, 0.5) is 0 Å². The van der Waals surface area contributed by atoms with E-state index in [0.717, 1.165) is 0 Å². The zero-order valence-corrected chi connectivity index (χ0v) is 18.7. The molecule has 0 radical (unpaired) electrons. The molecule has 7 nitrogen and oxygen atoms in total. The minimum Gasteiger partial charge on any atom is -0.465 e. The number of amides is 2. The fraction of sp³-hybridized carbons (Fsp3) is 0.778. The van der Waals surface area contributed by atoms with E-state index < -0.39 is 0 Å². The van der Waals surface area contributed by atoms with Gasteiger partial charge in [-0.05, 0) is 0 Å². The minimum atomic E-state index is -0.288. The number of carbonyl (C=O) groups is 4. The van der Waals surface area contributed by atoms with Crippen LogP contribution >= 0.6 is 21.6 Å². The number of ketones is 1. The van der Waals surface area contributed by atoms with E-state index >= 15 is 0 Å². The summed E-state index contributed by atoms with van der Waals surface area (Å²) in [5, 5.41) is 5.40. The van der Waals surface area contributed by atoms with Gasteiger partial charge in [0.05, 0.1) is 0 Å². The molecule has 162 valence electrons. The van der Waals surface area contributed by atoms with Gasteiger partial charge in [-0.1, -0.05) is 49.3 Å². The molecule has 2 N–H and O–H groups in total. The van der Waals surface area contributed by atoms with Crippen molar-refractivity contribution < 1.29 is 26.8 Å². The lowest BCUT2D eigenvalue weighted by Crippen LogP contribution is -2.34. The van der Waals surface area contributed by atoms with Gasteiger partial charge >= 0.3 is 5.97 Å². The molecule has 0 saturated heterocycles. The first kappa shape index (κ1) is 28.0. The number of Topliss-reactive ketones (excluding diaryl/α,β-unsaturated/α-hetero) is 1. The Bertz CT molecular complexity index is 456. The molecule has 0 aliphatic heterocycles. The minimum absolute atomic E-state index is 0. The molecule has 0 aromatic rings. The van der Waals surface area contributed by atoms with Crippen LogP contribution in [0, 0.1) is 5.92 Å². The summed E-state index contributed by atoms with van der Waals surface area (Å²) in [6, 6.07) is 0. The fourth-order valence-electron chi connectivity index (χ4n) is 1.58. The molecular formula is C18H38N2O5S2. The predicted molar refractivity (Wildman–Crippen MR) is 117 cm³/mol. The maximum absolute atomic E-state index is 11.6. The van der Waals surface area contributed by atoms with Crippen LogP contribution in [0.15, 0.2) is 0 Å². The Labute approximate surface area is 173 Å². The number of esters is 1. The molecule has 0 atom stereocenters. The van der Waals surface area contributed by atoms with Crippen LogP contribution in [-0.2, 0) is 23.9 Å². The Morgan fingerprint density at radius 1 is 0.889 bits per heavy atom. The molecule has 0 spiro atoms. The van der Waals surface area contributed by atoms with Gasteiger partial charge in [0.2, 0.25) is 11.8 Å². The van der Waals surface area contributed by atoms with Gasteiger partial charge in [0.1, 0.15) is 12.4 Å². The lowest BCUT2D eigenvalue weighted by Gasteiger charge is -2.08. The molecule has 0 saturated carbocycles. The van der Waals surface area contributed by atoms with Gasteiger partial charge in [-0.25, -0.2) is 0 Å². The first-order valence-corrected chi connectivity index (χ1v) is 11.8. The molecule has 0 fully saturated rings. The van der Waals surface area contributed by atoms with Crippen LogP contribution in [-0.4, -0.2) is 54.8 Å². The second kappa shape index (κ2) is 19.5. The summed E-state index contributed by atoms with van der Waals surface area (Å²) in [6.07, 6.45) is 0.830. The van der Waals surface area contributed by atoms with Crippen LogP contribution in [0.5, 0.6) is 0 Å². The third kappa shape index (κ3) is 20.9. The molecular weight excluding hydrogens is 388 g/mol. The van der Waals surface area contributed by atoms with Crippen molar-refractivity contribution in [3.8, 4) is 0 Å². The Balaban J connectivity index is -0.000000755. The number of carbonyl (C=O) groups excluding carboxylic acids is 4. The van der Waals surface area contributed by atoms with E-state index in [1.165, 1.54) is 6.92 Å². The lowest BCUT2D eigenvalue weighted by molar-refractivity contribution is -0.140. The number of ether oxygens (including phenoxy) is 1. The molecule has 27 heavy (non-hydrogen) atoms. The Morgan fingerprint density at radius 2 is 1.41 bits per heavy atom. The summed E-state index contributed by atoms with van der Waals surface area (Å²) >= 11 is 0.